The van der Waals surface area contributed by atoms with Crippen molar-refractivity contribution in [1.82, 2.24) is 9.88 Å². The van der Waals surface area contributed by atoms with Gasteiger partial charge in [0, 0.05) is 29.1 Å². The summed E-state index contributed by atoms with van der Waals surface area (Å²) < 4.78 is 0. The Morgan fingerprint density at radius 3 is 3.05 bits per heavy atom. The highest BCUT2D eigenvalue weighted by molar-refractivity contribution is 6.00. The van der Waals surface area contributed by atoms with Crippen molar-refractivity contribution < 1.29 is 9.90 Å². The summed E-state index contributed by atoms with van der Waals surface area (Å²) in [6.45, 7) is 0.625. The smallest absolute Gasteiger partial charge is 0.225 e. The fraction of sp³-hybridized carbons (Fsp3) is 0.312. The zero-order chi connectivity index (χ0) is 14.7. The van der Waals surface area contributed by atoms with Crippen LogP contribution >= 0.6 is 0 Å². The second-order valence-corrected chi connectivity index (χ2v) is 5.97. The van der Waals surface area contributed by atoms with Crippen LogP contribution in [0.1, 0.15) is 11.1 Å². The Morgan fingerprint density at radius 2 is 2.29 bits per heavy atom. The van der Waals surface area contributed by atoms with E-state index in [4.69, 9.17) is 5.73 Å². The summed E-state index contributed by atoms with van der Waals surface area (Å²) in [6.07, 6.45) is 2.76. The van der Waals surface area contributed by atoms with Crippen LogP contribution in [0.2, 0.25) is 0 Å². The lowest BCUT2D eigenvalue weighted by Crippen LogP contribution is -2.45. The molecule has 4 rings (SSSR count). The van der Waals surface area contributed by atoms with Gasteiger partial charge in [-0.1, -0.05) is 18.2 Å². The van der Waals surface area contributed by atoms with E-state index in [-0.39, 0.29) is 23.7 Å². The third-order valence-corrected chi connectivity index (χ3v) is 4.74. The van der Waals surface area contributed by atoms with Gasteiger partial charge in [-0.05, 0) is 30.7 Å². The van der Waals surface area contributed by atoms with Crippen molar-refractivity contribution in [2.45, 2.75) is 12.5 Å². The van der Waals surface area contributed by atoms with Crippen LogP contribution < -0.4 is 5.73 Å². The Balaban J connectivity index is 1.99. The maximum atomic E-state index is 11.6. The zero-order valence-electron chi connectivity index (χ0n) is 11.8. The van der Waals surface area contributed by atoms with Gasteiger partial charge in [0.15, 0.2) is 5.88 Å². The minimum absolute atomic E-state index is 0.181. The van der Waals surface area contributed by atoms with E-state index in [0.29, 0.717) is 6.54 Å². The van der Waals surface area contributed by atoms with Crippen LogP contribution in [-0.2, 0) is 11.2 Å². The number of nitrogens with one attached hydrogen (secondary N) is 1. The average molecular weight is 283 g/mol. The standard InChI is InChI=1S/C16H17N3O2/c1-19-7-8(15(17)20)5-10-9-3-2-4-12-14(9)11(6-13(10)19)16(21)18-12/h2-5,8,13,18,21H,6-7H2,1H3,(H2,17,20)/t8-,13-/m1/s1. The zero-order valence-corrected chi connectivity index (χ0v) is 11.8. The van der Waals surface area contributed by atoms with Crippen molar-refractivity contribution in [2.24, 2.45) is 11.7 Å². The fourth-order valence-corrected chi connectivity index (χ4v) is 3.70. The van der Waals surface area contributed by atoms with Crippen LogP contribution in [0.25, 0.3) is 16.5 Å². The number of carbonyl (C=O) groups is 1. The van der Waals surface area contributed by atoms with E-state index in [1.165, 1.54) is 0 Å². The average Bonchev–Trinajstić information content (AvgIpc) is 2.77. The highest BCUT2D eigenvalue weighted by Crippen LogP contribution is 2.43. The SMILES string of the molecule is CN1C[C@H](C(N)=O)C=C2c3cccc4[nH]c(O)c(c34)C[C@H]21. The Bertz CT molecular complexity index is 790. The van der Waals surface area contributed by atoms with Gasteiger partial charge in [0.25, 0.3) is 0 Å². The van der Waals surface area contributed by atoms with Gasteiger partial charge in [0.1, 0.15) is 0 Å². The number of aromatic nitrogens is 1. The molecule has 0 spiro atoms. The minimum Gasteiger partial charge on any atom is -0.494 e. The molecule has 0 bridgehead atoms. The number of hydrogen-bond acceptors (Lipinski definition) is 3. The van der Waals surface area contributed by atoms with E-state index in [1.807, 2.05) is 31.3 Å². The van der Waals surface area contributed by atoms with Gasteiger partial charge >= 0.3 is 0 Å². The number of nitrogens with zero attached hydrogens (tertiary/aromatic N) is 1. The molecular weight excluding hydrogens is 266 g/mol. The number of aromatic hydroxyl groups is 1. The molecule has 2 atom stereocenters. The molecule has 4 N–H and O–H groups in total. The van der Waals surface area contributed by atoms with Crippen molar-refractivity contribution in [1.29, 1.82) is 0 Å². The van der Waals surface area contributed by atoms with Gasteiger partial charge < -0.3 is 15.8 Å². The monoisotopic (exact) mass is 283 g/mol. The van der Waals surface area contributed by atoms with E-state index in [1.54, 1.807) is 0 Å². The molecule has 21 heavy (non-hydrogen) atoms. The summed E-state index contributed by atoms with van der Waals surface area (Å²) in [4.78, 5) is 16.8. The van der Waals surface area contributed by atoms with Crippen LogP contribution in [0.5, 0.6) is 5.88 Å². The molecule has 108 valence electrons. The van der Waals surface area contributed by atoms with Crippen molar-refractivity contribution >= 4 is 22.4 Å². The number of hydrogen-bond donors (Lipinski definition) is 3. The molecule has 0 saturated heterocycles. The maximum Gasteiger partial charge on any atom is 0.225 e. The molecule has 1 aromatic carbocycles. The molecule has 2 aromatic rings. The number of likely N-dealkylation sites (N-methyl/N-ethyl adjacent to an activating group) is 1. The minimum atomic E-state index is -0.289. The molecule has 0 saturated carbocycles. The number of nitrogens with two attached hydrogens (primary N) is 1. The van der Waals surface area contributed by atoms with E-state index in [0.717, 1.165) is 34.0 Å². The molecule has 0 radical (unpaired) electrons. The van der Waals surface area contributed by atoms with Crippen LogP contribution in [0, 0.1) is 5.92 Å². The number of benzene rings is 1. The first-order chi connectivity index (χ1) is 10.1. The summed E-state index contributed by atoms with van der Waals surface area (Å²) in [5.74, 6) is -0.296. The van der Waals surface area contributed by atoms with Crippen molar-refractivity contribution in [2.75, 3.05) is 13.6 Å². The predicted molar refractivity (Wildman–Crippen MR) is 80.7 cm³/mol. The summed E-state index contributed by atoms with van der Waals surface area (Å²) in [5, 5.41) is 11.2. The molecular formula is C16H17N3O2. The summed E-state index contributed by atoms with van der Waals surface area (Å²) in [5.41, 5.74) is 9.62. The number of primary amides is 1. The molecule has 0 fully saturated rings. The second kappa shape index (κ2) is 4.11. The number of amides is 1. The quantitative estimate of drug-likeness (QED) is 0.736. The fourth-order valence-electron chi connectivity index (χ4n) is 3.70. The van der Waals surface area contributed by atoms with E-state index in [2.05, 4.69) is 9.88 Å². The van der Waals surface area contributed by atoms with E-state index >= 15 is 0 Å². The van der Waals surface area contributed by atoms with E-state index in [9.17, 15) is 9.90 Å². The largest absolute Gasteiger partial charge is 0.494 e. The van der Waals surface area contributed by atoms with Crippen LogP contribution in [0.3, 0.4) is 0 Å². The molecule has 2 heterocycles. The lowest BCUT2D eigenvalue weighted by Gasteiger charge is -2.39. The summed E-state index contributed by atoms with van der Waals surface area (Å²) >= 11 is 0. The van der Waals surface area contributed by atoms with E-state index < -0.39 is 0 Å². The van der Waals surface area contributed by atoms with Gasteiger partial charge in [-0.2, -0.15) is 0 Å². The number of rotatable bonds is 1. The maximum absolute atomic E-state index is 11.6. The molecule has 1 aliphatic carbocycles. The molecule has 1 aliphatic heterocycles. The number of aromatic amines is 1. The summed E-state index contributed by atoms with van der Waals surface area (Å²) in [7, 11) is 2.00. The Kier molecular flexibility index (Phi) is 2.44. The van der Waals surface area contributed by atoms with Gasteiger partial charge in [-0.3, -0.25) is 9.69 Å². The number of H-pyrrole nitrogens is 1. The molecule has 5 nitrogen and oxygen atoms in total. The first kappa shape index (κ1) is 12.5. The molecule has 2 aliphatic rings. The first-order valence-electron chi connectivity index (χ1n) is 7.10. The lowest BCUT2D eigenvalue weighted by molar-refractivity contribution is -0.121. The lowest BCUT2D eigenvalue weighted by atomic mass is 9.79. The van der Waals surface area contributed by atoms with Crippen LogP contribution in [-0.4, -0.2) is 40.5 Å². The Morgan fingerprint density at radius 1 is 1.48 bits per heavy atom. The number of carbonyl (C=O) groups excluding carboxylic acids is 1. The normalized spacial score (nSPS) is 24.7. The van der Waals surface area contributed by atoms with Gasteiger partial charge in [-0.15, -0.1) is 0 Å². The highest BCUT2D eigenvalue weighted by Gasteiger charge is 2.36. The molecule has 5 heteroatoms. The first-order valence-corrected chi connectivity index (χ1v) is 7.10. The molecule has 0 unspecified atom stereocenters. The van der Waals surface area contributed by atoms with Crippen LogP contribution in [0.15, 0.2) is 24.3 Å². The predicted octanol–water partition coefficient (Wildman–Crippen LogP) is 1.23. The highest BCUT2D eigenvalue weighted by atomic mass is 16.3. The van der Waals surface area contributed by atoms with Gasteiger partial charge in [0.2, 0.25) is 5.91 Å². The van der Waals surface area contributed by atoms with Crippen molar-refractivity contribution in [3.8, 4) is 5.88 Å². The number of fused-ring (bicyclic) bond motifs is 2. The van der Waals surface area contributed by atoms with Crippen LogP contribution in [0.4, 0.5) is 0 Å². The Hall–Kier alpha value is -2.27. The third-order valence-electron chi connectivity index (χ3n) is 4.74. The molecule has 1 amide bonds. The topological polar surface area (TPSA) is 82.3 Å². The van der Waals surface area contributed by atoms with Gasteiger partial charge in [-0.25, -0.2) is 0 Å². The molecule has 1 aromatic heterocycles. The summed E-state index contributed by atoms with van der Waals surface area (Å²) in [6, 6.07) is 6.16. The third kappa shape index (κ3) is 1.64. The Labute approximate surface area is 122 Å². The van der Waals surface area contributed by atoms with Crippen molar-refractivity contribution in [3.63, 3.8) is 0 Å². The van der Waals surface area contributed by atoms with Gasteiger partial charge in [0.05, 0.1) is 5.92 Å². The van der Waals surface area contributed by atoms with Crippen molar-refractivity contribution in [3.05, 3.63) is 35.4 Å². The second-order valence-electron chi connectivity index (χ2n) is 5.97.